The van der Waals surface area contributed by atoms with Gasteiger partial charge < -0.3 is 14.4 Å². The van der Waals surface area contributed by atoms with E-state index < -0.39 is 0 Å². The van der Waals surface area contributed by atoms with Crippen LogP contribution in [0.2, 0.25) is 5.02 Å². The summed E-state index contributed by atoms with van der Waals surface area (Å²) >= 11 is 5.88. The smallest absolute Gasteiger partial charge is 0.419 e. The van der Waals surface area contributed by atoms with E-state index in [1.54, 1.807) is 29.2 Å². The normalized spacial score (nSPS) is 13.1. The first-order chi connectivity index (χ1) is 14.1. The molecule has 0 unspecified atom stereocenters. The second-order valence-electron chi connectivity index (χ2n) is 7.12. The summed E-state index contributed by atoms with van der Waals surface area (Å²) in [5, 5.41) is 0.605. The number of benzene rings is 2. The zero-order chi connectivity index (χ0) is 20.6. The fourth-order valence-electron chi connectivity index (χ4n) is 3.35. The quantitative estimate of drug-likeness (QED) is 0.441. The number of anilines is 1. The van der Waals surface area contributed by atoms with Gasteiger partial charge in [0, 0.05) is 24.7 Å². The molecule has 2 aromatic carbocycles. The Bertz CT molecular complexity index is 839. The third-order valence-electron chi connectivity index (χ3n) is 4.80. The molecular weight excluding hydrogens is 388 g/mol. The van der Waals surface area contributed by atoms with Gasteiger partial charge in [-0.2, -0.15) is 0 Å². The van der Waals surface area contributed by atoms with Crippen LogP contribution in [0.1, 0.15) is 18.4 Å². The van der Waals surface area contributed by atoms with Gasteiger partial charge in [0.05, 0.1) is 12.3 Å². The van der Waals surface area contributed by atoms with Crippen molar-refractivity contribution in [1.29, 1.82) is 0 Å². The summed E-state index contributed by atoms with van der Waals surface area (Å²) in [5.41, 5.74) is 1.99. The molecule has 0 N–H and O–H groups in total. The summed E-state index contributed by atoms with van der Waals surface area (Å²) in [5.74, 6) is 1.32. The minimum absolute atomic E-state index is 0.382. The molecule has 0 bridgehead atoms. The number of fused-ring (bicyclic) bond motifs is 1. The van der Waals surface area contributed by atoms with Crippen LogP contribution in [0.3, 0.4) is 0 Å². The fourth-order valence-corrected chi connectivity index (χ4v) is 3.47. The van der Waals surface area contributed by atoms with Crippen LogP contribution in [0.15, 0.2) is 55.1 Å². The number of carbonyl (C=O) groups excluding carboxylic acids is 1. The Morgan fingerprint density at radius 3 is 2.76 bits per heavy atom. The third kappa shape index (κ3) is 5.99. The highest BCUT2D eigenvalue weighted by molar-refractivity contribution is 6.30. The Labute approximate surface area is 177 Å². The Morgan fingerprint density at radius 2 is 2.00 bits per heavy atom. The van der Waals surface area contributed by atoms with E-state index in [2.05, 4.69) is 18.5 Å². The zero-order valence-electron chi connectivity index (χ0n) is 16.8. The number of ether oxygens (including phenoxy) is 2. The lowest BCUT2D eigenvalue weighted by atomic mass is 10.0. The van der Waals surface area contributed by atoms with Crippen LogP contribution in [0.25, 0.3) is 0 Å². The van der Waals surface area contributed by atoms with Gasteiger partial charge in [-0.1, -0.05) is 17.7 Å². The summed E-state index contributed by atoms with van der Waals surface area (Å²) in [6, 6.07) is 12.7. The predicted octanol–water partition coefficient (Wildman–Crippen LogP) is 5.18. The van der Waals surface area contributed by atoms with Crippen LogP contribution in [-0.4, -0.2) is 44.3 Å². The van der Waals surface area contributed by atoms with Gasteiger partial charge in [-0.3, -0.25) is 4.90 Å². The minimum Gasteiger partial charge on any atom is -0.494 e. The molecule has 0 saturated heterocycles. The number of hydrogen-bond donors (Lipinski definition) is 0. The van der Waals surface area contributed by atoms with Gasteiger partial charge in [-0.15, -0.1) is 6.58 Å². The minimum atomic E-state index is -0.382. The van der Waals surface area contributed by atoms with E-state index in [9.17, 15) is 4.79 Å². The van der Waals surface area contributed by atoms with Crippen molar-refractivity contribution >= 4 is 23.4 Å². The molecule has 29 heavy (non-hydrogen) atoms. The molecule has 1 aliphatic heterocycles. The summed E-state index contributed by atoms with van der Waals surface area (Å²) in [6.45, 7) is 6.87. The molecule has 1 aliphatic rings. The van der Waals surface area contributed by atoms with Crippen molar-refractivity contribution in [1.82, 2.24) is 4.90 Å². The van der Waals surface area contributed by atoms with Gasteiger partial charge >= 0.3 is 6.09 Å². The van der Waals surface area contributed by atoms with Crippen LogP contribution in [0, 0.1) is 0 Å². The number of halogens is 1. The van der Waals surface area contributed by atoms with Crippen LogP contribution in [0.5, 0.6) is 11.5 Å². The Morgan fingerprint density at radius 1 is 1.24 bits per heavy atom. The van der Waals surface area contributed by atoms with Gasteiger partial charge in [-0.25, -0.2) is 4.79 Å². The van der Waals surface area contributed by atoms with Crippen LogP contribution in [-0.2, 0) is 6.42 Å². The summed E-state index contributed by atoms with van der Waals surface area (Å²) in [6.07, 6.45) is 4.26. The number of likely N-dealkylation sites (N-methyl/N-ethyl adjacent to an activating group) is 1. The van der Waals surface area contributed by atoms with Crippen molar-refractivity contribution in [3.05, 3.63) is 65.7 Å². The number of rotatable bonds is 8. The average molecular weight is 415 g/mol. The number of aryl methyl sites for hydroxylation is 1. The van der Waals surface area contributed by atoms with E-state index in [0.29, 0.717) is 23.9 Å². The zero-order valence-corrected chi connectivity index (χ0v) is 17.5. The SMILES string of the molecule is C=CCN(C)CCCOc1ccc2c(c1)CCCN2C(=O)Oc1ccc(Cl)cc1. The molecule has 1 heterocycles. The van der Waals surface area contributed by atoms with E-state index in [1.807, 2.05) is 24.3 Å². The maximum absolute atomic E-state index is 12.7. The monoisotopic (exact) mass is 414 g/mol. The number of amides is 1. The van der Waals surface area contributed by atoms with E-state index >= 15 is 0 Å². The van der Waals surface area contributed by atoms with Crippen LogP contribution < -0.4 is 14.4 Å². The first-order valence-corrected chi connectivity index (χ1v) is 10.2. The molecule has 0 radical (unpaired) electrons. The van der Waals surface area contributed by atoms with Crippen molar-refractivity contribution in [2.45, 2.75) is 19.3 Å². The van der Waals surface area contributed by atoms with Gasteiger partial charge in [0.15, 0.2) is 0 Å². The van der Waals surface area contributed by atoms with Gasteiger partial charge in [0.2, 0.25) is 0 Å². The van der Waals surface area contributed by atoms with Crippen molar-refractivity contribution in [2.75, 3.05) is 38.2 Å². The lowest BCUT2D eigenvalue weighted by Crippen LogP contribution is -2.37. The fraction of sp³-hybridized carbons (Fsp3) is 0.348. The van der Waals surface area contributed by atoms with Crippen molar-refractivity contribution in [3.8, 4) is 11.5 Å². The molecule has 154 valence electrons. The van der Waals surface area contributed by atoms with Crippen LogP contribution in [0.4, 0.5) is 10.5 Å². The highest BCUT2D eigenvalue weighted by atomic mass is 35.5. The molecule has 3 rings (SSSR count). The first-order valence-electron chi connectivity index (χ1n) is 9.87. The van der Waals surface area contributed by atoms with Gasteiger partial charge in [0.1, 0.15) is 11.5 Å². The molecule has 0 fully saturated rings. The van der Waals surface area contributed by atoms with Crippen molar-refractivity contribution < 1.29 is 14.3 Å². The first kappa shape index (κ1) is 21.2. The molecule has 2 aromatic rings. The highest BCUT2D eigenvalue weighted by Gasteiger charge is 2.24. The highest BCUT2D eigenvalue weighted by Crippen LogP contribution is 2.31. The maximum atomic E-state index is 12.7. The topological polar surface area (TPSA) is 42.0 Å². The lowest BCUT2D eigenvalue weighted by Gasteiger charge is -2.29. The molecule has 0 spiro atoms. The summed E-state index contributed by atoms with van der Waals surface area (Å²) in [7, 11) is 2.07. The predicted molar refractivity (Wildman–Crippen MR) is 117 cm³/mol. The Hall–Kier alpha value is -2.50. The molecule has 0 aliphatic carbocycles. The van der Waals surface area contributed by atoms with Crippen molar-refractivity contribution in [2.24, 2.45) is 0 Å². The average Bonchev–Trinajstić information content (AvgIpc) is 2.72. The molecule has 1 amide bonds. The lowest BCUT2D eigenvalue weighted by molar-refractivity contribution is 0.207. The molecular formula is C23H27ClN2O3. The van der Waals surface area contributed by atoms with Gasteiger partial charge in [0.25, 0.3) is 0 Å². The van der Waals surface area contributed by atoms with E-state index in [1.165, 1.54) is 0 Å². The Balaban J connectivity index is 1.59. The summed E-state index contributed by atoms with van der Waals surface area (Å²) in [4.78, 5) is 16.5. The molecule has 0 saturated carbocycles. The Kier molecular flexibility index (Phi) is 7.55. The largest absolute Gasteiger partial charge is 0.494 e. The van der Waals surface area contributed by atoms with Crippen molar-refractivity contribution in [3.63, 3.8) is 0 Å². The number of nitrogens with zero attached hydrogens (tertiary/aromatic N) is 2. The standard InChI is InChI=1S/C23H27ClN2O3/c1-3-13-25(2)14-5-16-28-21-11-12-22-18(17-21)6-4-15-26(22)23(27)29-20-9-7-19(24)8-10-20/h3,7-12,17H,1,4-6,13-16H2,2H3. The van der Waals surface area contributed by atoms with Gasteiger partial charge in [-0.05, 0) is 74.3 Å². The summed E-state index contributed by atoms with van der Waals surface area (Å²) < 4.78 is 11.4. The second kappa shape index (κ2) is 10.3. The molecule has 6 heteroatoms. The third-order valence-corrected chi connectivity index (χ3v) is 5.05. The van der Waals surface area contributed by atoms with E-state index in [4.69, 9.17) is 21.1 Å². The van der Waals surface area contributed by atoms with E-state index in [-0.39, 0.29) is 6.09 Å². The second-order valence-corrected chi connectivity index (χ2v) is 7.56. The van der Waals surface area contributed by atoms with E-state index in [0.717, 1.165) is 49.4 Å². The maximum Gasteiger partial charge on any atom is 0.419 e. The molecule has 5 nitrogen and oxygen atoms in total. The number of hydrogen-bond acceptors (Lipinski definition) is 4. The molecule has 0 atom stereocenters. The number of carbonyl (C=O) groups is 1. The van der Waals surface area contributed by atoms with Crippen LogP contribution >= 0.6 is 11.6 Å². The molecule has 0 aromatic heterocycles.